The van der Waals surface area contributed by atoms with Crippen LogP contribution in [0.1, 0.15) is 6.42 Å². The lowest BCUT2D eigenvalue weighted by atomic mass is 10.3. The fourth-order valence-corrected chi connectivity index (χ4v) is 0.339. The molecule has 0 amide bonds. The summed E-state index contributed by atoms with van der Waals surface area (Å²) in [4.78, 5) is 26.5. The van der Waals surface area contributed by atoms with Crippen LogP contribution >= 0.6 is 0 Å². The summed E-state index contributed by atoms with van der Waals surface area (Å²) in [6.45, 7) is 0. The molecule has 0 aliphatic rings. The van der Waals surface area contributed by atoms with Crippen molar-refractivity contribution < 1.29 is 35.0 Å². The van der Waals surface area contributed by atoms with Gasteiger partial charge >= 0.3 is 11.9 Å². The van der Waals surface area contributed by atoms with Crippen molar-refractivity contribution in [3.63, 3.8) is 0 Å². The SMILES string of the molecule is O=C(CC(O)C(=O)OO)OO. The van der Waals surface area contributed by atoms with Crippen molar-refractivity contribution >= 4 is 11.9 Å². The van der Waals surface area contributed by atoms with Gasteiger partial charge in [-0.15, -0.1) is 0 Å². The number of aliphatic hydroxyl groups is 1. The van der Waals surface area contributed by atoms with Gasteiger partial charge in [-0.3, -0.25) is 4.89 Å². The van der Waals surface area contributed by atoms with E-state index in [1.807, 2.05) is 0 Å². The molecule has 1 atom stereocenters. The number of rotatable bonds is 3. The summed E-state index contributed by atoms with van der Waals surface area (Å²) in [6.07, 6.45) is -2.62. The van der Waals surface area contributed by atoms with Crippen molar-refractivity contribution in [2.75, 3.05) is 0 Å². The van der Waals surface area contributed by atoms with Gasteiger partial charge in [-0.1, -0.05) is 0 Å². The van der Waals surface area contributed by atoms with Crippen LogP contribution < -0.4 is 0 Å². The molecule has 0 saturated carbocycles. The van der Waals surface area contributed by atoms with Crippen LogP contribution in [0, 0.1) is 0 Å². The van der Waals surface area contributed by atoms with Crippen LogP contribution in [0.4, 0.5) is 0 Å². The largest absolute Gasteiger partial charge is 0.381 e. The Morgan fingerprint density at radius 2 is 1.82 bits per heavy atom. The zero-order valence-corrected chi connectivity index (χ0v) is 5.26. The Hall–Kier alpha value is -1.18. The summed E-state index contributed by atoms with van der Waals surface area (Å²) in [5.74, 6) is -2.60. The second-order valence-corrected chi connectivity index (χ2v) is 1.59. The number of carbonyl (C=O) groups is 2. The molecule has 0 aliphatic heterocycles. The molecule has 7 heteroatoms. The predicted octanol–water partition coefficient (Wildman–Crippen LogP) is -1.23. The van der Waals surface area contributed by atoms with Crippen LogP contribution in [0.3, 0.4) is 0 Å². The molecule has 0 aromatic rings. The minimum Gasteiger partial charge on any atom is -0.381 e. The number of hydrogen-bond donors (Lipinski definition) is 3. The van der Waals surface area contributed by atoms with Gasteiger partial charge in [-0.05, 0) is 0 Å². The molecule has 0 aromatic carbocycles. The summed E-state index contributed by atoms with van der Waals surface area (Å²) >= 11 is 0. The standard InChI is InChI=1S/C4H6O7/c5-2(4(7)11-9)1-3(6)10-8/h2,5,8-9H,1H2. The zero-order chi connectivity index (χ0) is 8.85. The summed E-state index contributed by atoms with van der Waals surface area (Å²) < 4.78 is 0. The third-order valence-electron chi connectivity index (χ3n) is 0.824. The molecule has 0 saturated heterocycles. The van der Waals surface area contributed by atoms with Crippen LogP contribution in [-0.2, 0) is 19.4 Å². The van der Waals surface area contributed by atoms with E-state index in [0.717, 1.165) is 0 Å². The van der Waals surface area contributed by atoms with E-state index in [1.54, 1.807) is 0 Å². The van der Waals surface area contributed by atoms with E-state index in [2.05, 4.69) is 9.78 Å². The quantitative estimate of drug-likeness (QED) is 0.355. The van der Waals surface area contributed by atoms with Crippen LogP contribution in [-0.4, -0.2) is 33.7 Å². The molecule has 0 heterocycles. The van der Waals surface area contributed by atoms with Gasteiger partial charge < -0.3 is 9.99 Å². The summed E-state index contributed by atoms with van der Waals surface area (Å²) in [7, 11) is 0. The van der Waals surface area contributed by atoms with E-state index in [-0.39, 0.29) is 0 Å². The topological polar surface area (TPSA) is 113 Å². The van der Waals surface area contributed by atoms with Gasteiger partial charge in [-0.2, -0.15) is 10.5 Å². The van der Waals surface area contributed by atoms with Crippen LogP contribution in [0.25, 0.3) is 0 Å². The van der Waals surface area contributed by atoms with Gasteiger partial charge in [0.05, 0.1) is 6.42 Å². The third kappa shape index (κ3) is 3.50. The van der Waals surface area contributed by atoms with Crippen molar-refractivity contribution in [1.82, 2.24) is 0 Å². The first-order valence-electron chi connectivity index (χ1n) is 2.49. The van der Waals surface area contributed by atoms with Crippen molar-refractivity contribution in [2.24, 2.45) is 0 Å². The highest BCUT2D eigenvalue weighted by molar-refractivity contribution is 5.80. The highest BCUT2D eigenvalue weighted by atomic mass is 17.1. The van der Waals surface area contributed by atoms with Crippen molar-refractivity contribution in [2.45, 2.75) is 12.5 Å². The normalized spacial score (nSPS) is 11.9. The van der Waals surface area contributed by atoms with E-state index in [4.69, 9.17) is 15.6 Å². The maximum atomic E-state index is 10.2. The van der Waals surface area contributed by atoms with E-state index < -0.39 is 24.5 Å². The smallest absolute Gasteiger partial charge is 0.370 e. The maximum Gasteiger partial charge on any atom is 0.370 e. The molecule has 3 N–H and O–H groups in total. The van der Waals surface area contributed by atoms with E-state index in [0.29, 0.717) is 0 Å². The molecule has 0 bridgehead atoms. The zero-order valence-electron chi connectivity index (χ0n) is 5.26. The maximum absolute atomic E-state index is 10.2. The fraction of sp³-hybridized carbons (Fsp3) is 0.500. The molecular weight excluding hydrogens is 160 g/mol. The minimum atomic E-state index is -1.83. The molecule has 0 aromatic heterocycles. The summed E-state index contributed by atoms with van der Waals surface area (Å²) in [6, 6.07) is 0. The van der Waals surface area contributed by atoms with Gasteiger partial charge in [0.25, 0.3) is 0 Å². The lowest BCUT2D eigenvalue weighted by molar-refractivity contribution is -0.248. The van der Waals surface area contributed by atoms with Crippen molar-refractivity contribution in [3.05, 3.63) is 0 Å². The first-order chi connectivity index (χ1) is 5.11. The minimum absolute atomic E-state index is 0.782. The highest BCUT2D eigenvalue weighted by Crippen LogP contribution is 1.95. The molecule has 0 rings (SSSR count). The fourth-order valence-electron chi connectivity index (χ4n) is 0.339. The van der Waals surface area contributed by atoms with Crippen LogP contribution in [0.15, 0.2) is 0 Å². The number of hydrogen-bond acceptors (Lipinski definition) is 7. The van der Waals surface area contributed by atoms with Crippen LogP contribution in [0.5, 0.6) is 0 Å². The van der Waals surface area contributed by atoms with Crippen molar-refractivity contribution in [1.29, 1.82) is 0 Å². The Kier molecular flexibility index (Phi) is 4.11. The predicted molar refractivity (Wildman–Crippen MR) is 28.1 cm³/mol. The average molecular weight is 166 g/mol. The molecule has 0 spiro atoms. The van der Waals surface area contributed by atoms with Gasteiger partial charge in [0.2, 0.25) is 0 Å². The molecular formula is C4H6O7. The molecule has 0 fully saturated rings. The van der Waals surface area contributed by atoms with Gasteiger partial charge in [-0.25, -0.2) is 9.59 Å². The number of aliphatic hydroxyl groups excluding tert-OH is 1. The van der Waals surface area contributed by atoms with E-state index in [9.17, 15) is 9.59 Å². The Balaban J connectivity index is 3.77. The Bertz CT molecular complexity index is 153. The van der Waals surface area contributed by atoms with Crippen molar-refractivity contribution in [3.8, 4) is 0 Å². The third-order valence-corrected chi connectivity index (χ3v) is 0.824. The summed E-state index contributed by atoms with van der Waals surface area (Å²) in [5, 5.41) is 23.9. The average Bonchev–Trinajstić information content (AvgIpc) is 2.02. The Morgan fingerprint density at radius 3 is 2.18 bits per heavy atom. The van der Waals surface area contributed by atoms with Gasteiger partial charge in [0, 0.05) is 0 Å². The molecule has 0 radical (unpaired) electrons. The highest BCUT2D eigenvalue weighted by Gasteiger charge is 2.21. The Labute approximate surface area is 60.6 Å². The second-order valence-electron chi connectivity index (χ2n) is 1.59. The van der Waals surface area contributed by atoms with Gasteiger partial charge in [0.1, 0.15) is 0 Å². The van der Waals surface area contributed by atoms with Gasteiger partial charge in [0.15, 0.2) is 6.10 Å². The number of carbonyl (C=O) groups excluding carboxylic acids is 2. The monoisotopic (exact) mass is 166 g/mol. The first kappa shape index (κ1) is 9.82. The lowest BCUT2D eigenvalue weighted by Gasteiger charge is -2.02. The summed E-state index contributed by atoms with van der Waals surface area (Å²) in [5.41, 5.74) is 0. The Morgan fingerprint density at radius 1 is 1.27 bits per heavy atom. The molecule has 1 unspecified atom stereocenters. The second kappa shape index (κ2) is 4.61. The molecule has 11 heavy (non-hydrogen) atoms. The first-order valence-corrected chi connectivity index (χ1v) is 2.49. The molecule has 64 valence electrons. The van der Waals surface area contributed by atoms with Crippen LogP contribution in [0.2, 0.25) is 0 Å². The lowest BCUT2D eigenvalue weighted by Crippen LogP contribution is -2.25. The van der Waals surface area contributed by atoms with E-state index in [1.165, 1.54) is 0 Å². The molecule has 7 nitrogen and oxygen atoms in total. The molecule has 0 aliphatic carbocycles. The van der Waals surface area contributed by atoms with E-state index >= 15 is 0 Å².